The molecule has 156 valence electrons. The van der Waals surface area contributed by atoms with Gasteiger partial charge in [0.25, 0.3) is 0 Å². The van der Waals surface area contributed by atoms with Crippen LogP contribution in [0.2, 0.25) is 0 Å². The molecule has 3 aromatic rings. The Bertz CT molecular complexity index is 1180. The summed E-state index contributed by atoms with van der Waals surface area (Å²) in [6, 6.07) is 13.6. The number of nitrogens with zero attached hydrogens (tertiary/aromatic N) is 5. The molecule has 0 N–H and O–H groups in total. The second kappa shape index (κ2) is 7.84. The molecule has 4 rings (SSSR count). The molecule has 6 heteroatoms. The third-order valence-electron chi connectivity index (χ3n) is 5.79. The highest BCUT2D eigenvalue weighted by Gasteiger charge is 2.39. The summed E-state index contributed by atoms with van der Waals surface area (Å²) >= 11 is 0. The van der Waals surface area contributed by atoms with Gasteiger partial charge in [-0.1, -0.05) is 39.5 Å². The smallest absolute Gasteiger partial charge is 0.246 e. The van der Waals surface area contributed by atoms with E-state index in [9.17, 15) is 10.1 Å². The molecule has 6 nitrogen and oxygen atoms in total. The number of carbonyl (C=O) groups excluding carboxylic acids is 1. The molecule has 0 saturated heterocycles. The van der Waals surface area contributed by atoms with Gasteiger partial charge in [0.1, 0.15) is 5.69 Å². The molecule has 0 fully saturated rings. The summed E-state index contributed by atoms with van der Waals surface area (Å²) in [7, 11) is 0. The molecule has 0 aliphatic carbocycles. The molecule has 0 radical (unpaired) electrons. The molecule has 0 saturated carbocycles. The van der Waals surface area contributed by atoms with Crippen LogP contribution < -0.4 is 0 Å². The molecular formula is C25H25N5O. The van der Waals surface area contributed by atoms with Crippen molar-refractivity contribution in [3.05, 3.63) is 72.7 Å². The van der Waals surface area contributed by atoms with Gasteiger partial charge in [-0.15, -0.1) is 0 Å². The first-order valence-electron chi connectivity index (χ1n) is 10.3. The molecule has 2 aromatic heterocycles. The highest BCUT2D eigenvalue weighted by atomic mass is 16.2. The van der Waals surface area contributed by atoms with Gasteiger partial charge in [0.15, 0.2) is 0 Å². The van der Waals surface area contributed by atoms with Crippen LogP contribution in [-0.4, -0.2) is 31.6 Å². The third kappa shape index (κ3) is 3.75. The van der Waals surface area contributed by atoms with Crippen molar-refractivity contribution in [2.75, 3.05) is 0 Å². The second-order valence-electron chi connectivity index (χ2n) is 8.83. The van der Waals surface area contributed by atoms with Gasteiger partial charge in [-0.25, -0.2) is 0 Å². The molecule has 0 bridgehead atoms. The van der Waals surface area contributed by atoms with Crippen molar-refractivity contribution in [2.24, 2.45) is 5.41 Å². The summed E-state index contributed by atoms with van der Waals surface area (Å²) < 4.78 is 2.02. The van der Waals surface area contributed by atoms with Crippen LogP contribution in [0.3, 0.4) is 0 Å². The Labute approximate surface area is 182 Å². The number of benzene rings is 1. The first-order chi connectivity index (χ1) is 14.8. The maximum Gasteiger partial charge on any atom is 0.246 e. The van der Waals surface area contributed by atoms with Crippen molar-refractivity contribution in [1.29, 1.82) is 5.26 Å². The number of pyridine rings is 1. The van der Waals surface area contributed by atoms with Crippen LogP contribution >= 0.6 is 0 Å². The third-order valence-corrected chi connectivity index (χ3v) is 5.79. The molecule has 1 aliphatic rings. The van der Waals surface area contributed by atoms with Crippen LogP contribution in [0.5, 0.6) is 0 Å². The lowest BCUT2D eigenvalue weighted by atomic mass is 9.84. The van der Waals surface area contributed by atoms with Crippen LogP contribution in [0.25, 0.3) is 22.4 Å². The fourth-order valence-corrected chi connectivity index (χ4v) is 4.19. The molecule has 3 heterocycles. The lowest BCUT2D eigenvalue weighted by molar-refractivity contribution is -0.133. The number of aromatic nitrogens is 3. The van der Waals surface area contributed by atoms with Crippen LogP contribution in [0.1, 0.15) is 32.0 Å². The predicted octanol–water partition coefficient (Wildman–Crippen LogP) is 4.43. The minimum atomic E-state index is -0.125. The summed E-state index contributed by atoms with van der Waals surface area (Å²) in [5, 5.41) is 14.3. The van der Waals surface area contributed by atoms with E-state index in [-0.39, 0.29) is 17.4 Å². The highest BCUT2D eigenvalue weighted by molar-refractivity contribution is 5.88. The molecule has 1 aromatic carbocycles. The monoisotopic (exact) mass is 411 g/mol. The Balaban J connectivity index is 1.94. The minimum absolute atomic E-state index is 0.0195. The topological polar surface area (TPSA) is 74.8 Å². The van der Waals surface area contributed by atoms with E-state index in [1.807, 2.05) is 39.9 Å². The Morgan fingerprint density at radius 1 is 1.23 bits per heavy atom. The fraction of sp³-hybridized carbons (Fsp3) is 0.280. The van der Waals surface area contributed by atoms with E-state index in [1.165, 1.54) is 6.08 Å². The predicted molar refractivity (Wildman–Crippen MR) is 120 cm³/mol. The lowest BCUT2D eigenvalue weighted by Crippen LogP contribution is -2.52. The summed E-state index contributed by atoms with van der Waals surface area (Å²) in [5.74, 6) is -0.0823. The number of hydrogen-bond acceptors (Lipinski definition) is 4. The van der Waals surface area contributed by atoms with Crippen LogP contribution in [0.15, 0.2) is 61.4 Å². The maximum atomic E-state index is 12.8. The van der Waals surface area contributed by atoms with Crippen molar-refractivity contribution in [3.63, 3.8) is 0 Å². The van der Waals surface area contributed by atoms with E-state index >= 15 is 0 Å². The summed E-state index contributed by atoms with van der Waals surface area (Å²) in [4.78, 5) is 18.8. The van der Waals surface area contributed by atoms with Crippen LogP contribution in [0, 0.1) is 16.7 Å². The zero-order valence-corrected chi connectivity index (χ0v) is 18.0. The zero-order valence-electron chi connectivity index (χ0n) is 18.0. The molecular weight excluding hydrogens is 386 g/mol. The Kier molecular flexibility index (Phi) is 5.20. The minimum Gasteiger partial charge on any atom is -0.328 e. The number of nitriles is 1. The number of fused-ring (bicyclic) bond motifs is 1. The largest absolute Gasteiger partial charge is 0.328 e. The van der Waals surface area contributed by atoms with E-state index in [1.54, 1.807) is 18.5 Å². The quantitative estimate of drug-likeness (QED) is 0.598. The van der Waals surface area contributed by atoms with Crippen molar-refractivity contribution in [1.82, 2.24) is 19.7 Å². The van der Waals surface area contributed by atoms with Gasteiger partial charge in [-0.2, -0.15) is 10.4 Å². The fourth-order valence-electron chi connectivity index (χ4n) is 4.19. The summed E-state index contributed by atoms with van der Waals surface area (Å²) in [6.07, 6.45) is 4.89. The normalized spacial score (nSPS) is 15.8. The lowest BCUT2D eigenvalue weighted by Gasteiger charge is -2.43. The van der Waals surface area contributed by atoms with Gasteiger partial charge in [0.2, 0.25) is 5.91 Å². The molecule has 1 amide bonds. The number of rotatable bonds is 3. The zero-order chi connectivity index (χ0) is 22.2. The van der Waals surface area contributed by atoms with E-state index < -0.39 is 0 Å². The van der Waals surface area contributed by atoms with Gasteiger partial charge < -0.3 is 4.90 Å². The average Bonchev–Trinajstić information content (AvgIpc) is 3.16. The number of amides is 1. The Morgan fingerprint density at radius 2 is 1.97 bits per heavy atom. The first-order valence-corrected chi connectivity index (χ1v) is 10.3. The van der Waals surface area contributed by atoms with E-state index in [2.05, 4.69) is 38.4 Å². The van der Waals surface area contributed by atoms with E-state index in [0.29, 0.717) is 18.7 Å². The first kappa shape index (κ1) is 20.5. The number of hydrogen-bond donors (Lipinski definition) is 0. The van der Waals surface area contributed by atoms with Crippen molar-refractivity contribution in [2.45, 2.75) is 39.9 Å². The average molecular weight is 412 g/mol. The van der Waals surface area contributed by atoms with Gasteiger partial charge in [-0.05, 0) is 41.3 Å². The van der Waals surface area contributed by atoms with Gasteiger partial charge in [0.05, 0.1) is 36.5 Å². The molecule has 1 aliphatic heterocycles. The highest BCUT2D eigenvalue weighted by Crippen LogP contribution is 2.39. The SMILES string of the molecule is C=CC(=O)N1Cc2c(-c3ccncc3)c(-c3cccc(C#N)c3)nn2C[C@@H]1C(C)(C)C. The van der Waals surface area contributed by atoms with Crippen LogP contribution in [-0.2, 0) is 17.9 Å². The van der Waals surface area contributed by atoms with Crippen molar-refractivity contribution in [3.8, 4) is 28.5 Å². The second-order valence-corrected chi connectivity index (χ2v) is 8.83. The standard InChI is InChI=1S/C25H25N5O/c1-5-22(31)29-15-20-23(18-9-11-27-12-10-18)24(19-8-6-7-17(13-19)14-26)28-30(20)16-21(29)25(2,3)4/h5-13,21H,1,15-16H2,2-4H3/t21-/m1/s1. The molecule has 1 atom stereocenters. The Morgan fingerprint density at radius 3 is 2.61 bits per heavy atom. The number of carbonyl (C=O) groups is 1. The van der Waals surface area contributed by atoms with E-state index in [4.69, 9.17) is 5.10 Å². The molecule has 31 heavy (non-hydrogen) atoms. The van der Waals surface area contributed by atoms with E-state index in [0.717, 1.165) is 28.1 Å². The van der Waals surface area contributed by atoms with Crippen LogP contribution in [0.4, 0.5) is 0 Å². The van der Waals surface area contributed by atoms with Gasteiger partial charge in [0, 0.05) is 23.5 Å². The molecule has 0 spiro atoms. The summed E-state index contributed by atoms with van der Waals surface area (Å²) in [6.45, 7) is 11.1. The summed E-state index contributed by atoms with van der Waals surface area (Å²) in [5.41, 5.74) is 5.06. The maximum absolute atomic E-state index is 12.8. The molecule has 0 unspecified atom stereocenters. The van der Waals surface area contributed by atoms with Crippen molar-refractivity contribution < 1.29 is 4.79 Å². The van der Waals surface area contributed by atoms with Gasteiger partial charge >= 0.3 is 0 Å². The van der Waals surface area contributed by atoms with Crippen molar-refractivity contribution >= 4 is 5.91 Å². The van der Waals surface area contributed by atoms with Gasteiger partial charge in [-0.3, -0.25) is 14.5 Å². The Hall–Kier alpha value is -3.72.